The van der Waals surface area contributed by atoms with Gasteiger partial charge in [-0.05, 0) is 49.6 Å². The molecule has 3 rings (SSSR count). The minimum atomic E-state index is -0.503. The van der Waals surface area contributed by atoms with E-state index in [1.807, 2.05) is 12.1 Å². The maximum absolute atomic E-state index is 10.7. The largest absolute Gasteiger partial charge is 0.456 e. The Morgan fingerprint density at radius 1 is 1.12 bits per heavy atom. The fourth-order valence-corrected chi connectivity index (χ4v) is 3.01. The van der Waals surface area contributed by atoms with E-state index in [4.69, 9.17) is 21.7 Å². The molecule has 0 aliphatic carbocycles. The molecule has 0 bridgehead atoms. The summed E-state index contributed by atoms with van der Waals surface area (Å²) in [4.78, 5) is 12.3. The highest BCUT2D eigenvalue weighted by atomic mass is 35.5. The fourth-order valence-electron chi connectivity index (χ4n) is 2.79. The summed E-state index contributed by atoms with van der Waals surface area (Å²) in [5.41, 5.74) is 0.756. The molecule has 2 aromatic rings. The summed E-state index contributed by atoms with van der Waals surface area (Å²) in [5.74, 6) is 1.44. The molecule has 1 fully saturated rings. The molecule has 1 N–H and O–H groups in total. The van der Waals surface area contributed by atoms with Gasteiger partial charge in [0.25, 0.3) is 5.69 Å². The molecule has 0 atom stereocenters. The first-order chi connectivity index (χ1) is 12.0. The number of halogens is 1. The van der Waals surface area contributed by atoms with Gasteiger partial charge in [-0.25, -0.2) is 0 Å². The highest BCUT2D eigenvalue weighted by molar-refractivity contribution is 6.32. The predicted octanol–water partition coefficient (Wildman–Crippen LogP) is 4.85. The molecule has 0 aromatic heterocycles. The van der Waals surface area contributed by atoms with Crippen LogP contribution in [0.1, 0.15) is 24.8 Å². The fraction of sp³-hybridized carbons (Fsp3) is 0.278. The van der Waals surface area contributed by atoms with Gasteiger partial charge in [-0.15, -0.1) is 0 Å². The van der Waals surface area contributed by atoms with Gasteiger partial charge >= 0.3 is 0 Å². The van der Waals surface area contributed by atoms with Crippen LogP contribution in [0.5, 0.6) is 11.5 Å². The molecule has 0 unspecified atom stereocenters. The van der Waals surface area contributed by atoms with Crippen LogP contribution in [-0.4, -0.2) is 28.7 Å². The van der Waals surface area contributed by atoms with Gasteiger partial charge in [0.05, 0.1) is 9.95 Å². The van der Waals surface area contributed by atoms with Gasteiger partial charge < -0.3 is 9.64 Å². The standard InChI is InChI=1S/C18H18ClN3O3/c19-16-12-14(22(23)24)6-9-17(16)25-15-7-4-13(5-8-15)18(20)21-10-2-1-3-11-21/h4-9,12,20H,1-3,10-11H2. The third kappa shape index (κ3) is 4.09. The van der Waals surface area contributed by atoms with Gasteiger partial charge in [0.2, 0.25) is 0 Å². The Labute approximate surface area is 150 Å². The summed E-state index contributed by atoms with van der Waals surface area (Å²) < 4.78 is 5.69. The topological polar surface area (TPSA) is 79.5 Å². The van der Waals surface area contributed by atoms with Gasteiger partial charge in [-0.3, -0.25) is 15.5 Å². The molecule has 0 spiro atoms. The molecule has 2 aromatic carbocycles. The molecule has 7 heteroatoms. The molecule has 0 saturated carbocycles. The number of hydrogen-bond donors (Lipinski definition) is 1. The first-order valence-electron chi connectivity index (χ1n) is 8.10. The van der Waals surface area contributed by atoms with E-state index in [2.05, 4.69) is 4.90 Å². The lowest BCUT2D eigenvalue weighted by Gasteiger charge is -2.29. The Morgan fingerprint density at radius 2 is 1.80 bits per heavy atom. The average molecular weight is 360 g/mol. The highest BCUT2D eigenvalue weighted by Crippen LogP contribution is 2.32. The highest BCUT2D eigenvalue weighted by Gasteiger charge is 2.15. The van der Waals surface area contributed by atoms with Crippen LogP contribution in [0.15, 0.2) is 42.5 Å². The molecule has 1 heterocycles. The van der Waals surface area contributed by atoms with E-state index in [1.54, 1.807) is 12.1 Å². The van der Waals surface area contributed by atoms with Crippen molar-refractivity contribution in [3.05, 3.63) is 63.2 Å². The van der Waals surface area contributed by atoms with Gasteiger partial charge in [0.1, 0.15) is 17.3 Å². The number of nitrogens with one attached hydrogen (secondary N) is 1. The maximum Gasteiger partial charge on any atom is 0.271 e. The van der Waals surface area contributed by atoms with Crippen LogP contribution in [0, 0.1) is 15.5 Å². The van der Waals surface area contributed by atoms with Crippen LogP contribution in [0.4, 0.5) is 5.69 Å². The van der Waals surface area contributed by atoms with Crippen molar-refractivity contribution in [2.75, 3.05) is 13.1 Å². The Balaban J connectivity index is 1.70. The minimum absolute atomic E-state index is 0.0809. The second-order valence-electron chi connectivity index (χ2n) is 5.89. The van der Waals surface area contributed by atoms with Gasteiger partial charge in [0, 0.05) is 30.8 Å². The van der Waals surface area contributed by atoms with Crippen LogP contribution in [0.25, 0.3) is 0 Å². The zero-order chi connectivity index (χ0) is 17.8. The van der Waals surface area contributed by atoms with Crippen LogP contribution >= 0.6 is 11.6 Å². The molecule has 1 saturated heterocycles. The molecule has 0 radical (unpaired) electrons. The maximum atomic E-state index is 10.7. The van der Waals surface area contributed by atoms with Crippen molar-refractivity contribution in [1.82, 2.24) is 4.90 Å². The first-order valence-corrected chi connectivity index (χ1v) is 8.48. The van der Waals surface area contributed by atoms with Gasteiger partial charge in [0.15, 0.2) is 0 Å². The number of likely N-dealkylation sites (tertiary alicyclic amines) is 1. The number of benzene rings is 2. The smallest absolute Gasteiger partial charge is 0.271 e. The average Bonchev–Trinajstić information content (AvgIpc) is 2.64. The molecule has 130 valence electrons. The Kier molecular flexibility index (Phi) is 5.19. The van der Waals surface area contributed by atoms with Crippen molar-refractivity contribution in [2.24, 2.45) is 0 Å². The predicted molar refractivity (Wildman–Crippen MR) is 96.9 cm³/mol. The minimum Gasteiger partial charge on any atom is -0.456 e. The Bertz CT molecular complexity index is 787. The third-order valence-corrected chi connectivity index (χ3v) is 4.45. The number of nitro groups is 1. The van der Waals surface area contributed by atoms with E-state index in [0.717, 1.165) is 31.5 Å². The van der Waals surface area contributed by atoms with E-state index in [0.29, 0.717) is 17.3 Å². The normalized spacial score (nSPS) is 14.2. The number of non-ortho nitro benzene ring substituents is 1. The van der Waals surface area contributed by atoms with Crippen LogP contribution in [0.3, 0.4) is 0 Å². The van der Waals surface area contributed by atoms with Gasteiger partial charge in [-0.2, -0.15) is 0 Å². The van der Waals surface area contributed by atoms with Crippen molar-refractivity contribution < 1.29 is 9.66 Å². The lowest BCUT2D eigenvalue weighted by molar-refractivity contribution is -0.384. The number of ether oxygens (including phenoxy) is 1. The lowest BCUT2D eigenvalue weighted by Crippen LogP contribution is -2.35. The third-order valence-electron chi connectivity index (χ3n) is 4.15. The number of hydrogen-bond acceptors (Lipinski definition) is 4. The van der Waals surface area contributed by atoms with Crippen molar-refractivity contribution >= 4 is 23.1 Å². The number of nitrogens with zero attached hydrogens (tertiary/aromatic N) is 2. The van der Waals surface area contributed by atoms with Crippen LogP contribution in [-0.2, 0) is 0 Å². The summed E-state index contributed by atoms with van der Waals surface area (Å²) in [6.45, 7) is 1.85. The van der Waals surface area contributed by atoms with E-state index < -0.39 is 4.92 Å². The zero-order valence-corrected chi connectivity index (χ0v) is 14.3. The van der Waals surface area contributed by atoms with E-state index in [1.165, 1.54) is 24.6 Å². The van der Waals surface area contributed by atoms with Crippen LogP contribution < -0.4 is 4.74 Å². The first kappa shape index (κ1) is 17.2. The summed E-state index contributed by atoms with van der Waals surface area (Å²) in [5, 5.41) is 19.2. The molecule has 1 aliphatic heterocycles. The van der Waals surface area contributed by atoms with Gasteiger partial charge in [-0.1, -0.05) is 11.6 Å². The second kappa shape index (κ2) is 7.53. The number of nitro benzene ring substituents is 1. The van der Waals surface area contributed by atoms with Crippen molar-refractivity contribution in [1.29, 1.82) is 5.41 Å². The zero-order valence-electron chi connectivity index (χ0n) is 13.6. The van der Waals surface area contributed by atoms with Crippen molar-refractivity contribution in [2.45, 2.75) is 19.3 Å². The van der Waals surface area contributed by atoms with Crippen molar-refractivity contribution in [3.8, 4) is 11.5 Å². The summed E-state index contributed by atoms with van der Waals surface area (Å²) in [6, 6.07) is 11.3. The van der Waals surface area contributed by atoms with E-state index in [-0.39, 0.29) is 10.7 Å². The molecular weight excluding hydrogens is 342 g/mol. The van der Waals surface area contributed by atoms with Crippen molar-refractivity contribution in [3.63, 3.8) is 0 Å². The molecule has 0 amide bonds. The van der Waals surface area contributed by atoms with Crippen LogP contribution in [0.2, 0.25) is 5.02 Å². The van der Waals surface area contributed by atoms with E-state index in [9.17, 15) is 10.1 Å². The summed E-state index contributed by atoms with van der Waals surface area (Å²) in [7, 11) is 0. The second-order valence-corrected chi connectivity index (χ2v) is 6.30. The molecule has 25 heavy (non-hydrogen) atoms. The quantitative estimate of drug-likeness (QED) is 0.366. The SMILES string of the molecule is N=C(c1ccc(Oc2ccc([N+](=O)[O-])cc2Cl)cc1)N1CCCCC1. The number of rotatable bonds is 4. The monoisotopic (exact) mass is 359 g/mol. The molecule has 6 nitrogen and oxygen atoms in total. The molecular formula is C18H18ClN3O3. The molecule has 1 aliphatic rings. The van der Waals surface area contributed by atoms with E-state index >= 15 is 0 Å². The summed E-state index contributed by atoms with van der Waals surface area (Å²) >= 11 is 6.04. The Hall–Kier alpha value is -2.60. The lowest BCUT2D eigenvalue weighted by atomic mass is 10.1. The summed E-state index contributed by atoms with van der Waals surface area (Å²) in [6.07, 6.45) is 3.48. The number of amidine groups is 1. The number of piperidine rings is 1. The Morgan fingerprint density at radius 3 is 2.40 bits per heavy atom.